The molecular weight excluding hydrogens is 459 g/mol. The summed E-state index contributed by atoms with van der Waals surface area (Å²) >= 11 is 0. The van der Waals surface area contributed by atoms with Gasteiger partial charge in [0.25, 0.3) is 5.91 Å². The van der Waals surface area contributed by atoms with E-state index >= 15 is 0 Å². The normalized spacial score (nSPS) is 20.4. The van der Waals surface area contributed by atoms with Crippen LogP contribution in [0.4, 0.5) is 13.2 Å². The lowest BCUT2D eigenvalue weighted by atomic mass is 9.79. The van der Waals surface area contributed by atoms with Crippen LogP contribution in [0.15, 0.2) is 24.3 Å². The number of amides is 1. The number of para-hydroxylation sites is 1. The molecule has 1 saturated heterocycles. The molecule has 2 fully saturated rings. The molecule has 1 saturated carbocycles. The van der Waals surface area contributed by atoms with E-state index in [9.17, 15) is 26.4 Å². The van der Waals surface area contributed by atoms with Gasteiger partial charge in [0.1, 0.15) is 5.75 Å². The minimum atomic E-state index is -4.89. The molecule has 2 aliphatic rings. The average molecular weight is 492 g/mol. The Morgan fingerprint density at radius 1 is 1.09 bits per heavy atom. The van der Waals surface area contributed by atoms with E-state index in [0.29, 0.717) is 32.6 Å². The summed E-state index contributed by atoms with van der Waals surface area (Å²) in [4.78, 5) is 15.1. The smallest absolute Gasteiger partial charge is 0.405 e. The Hall–Kier alpha value is -1.85. The molecule has 1 aliphatic carbocycles. The largest absolute Gasteiger partial charge is 0.573 e. The number of hydrogen-bond acceptors (Lipinski definition) is 5. The predicted octanol–water partition coefficient (Wildman–Crippen LogP) is 3.38. The van der Waals surface area contributed by atoms with Crippen LogP contribution in [0.3, 0.4) is 0 Å². The first kappa shape index (κ1) is 25.8. The van der Waals surface area contributed by atoms with Crippen LogP contribution in [0.1, 0.15) is 55.8 Å². The van der Waals surface area contributed by atoms with Gasteiger partial charge in [-0.05, 0) is 31.4 Å². The predicted molar refractivity (Wildman–Crippen MR) is 118 cm³/mol. The molecule has 11 heteroatoms. The fraction of sp³-hybridized carbons (Fsp3) is 0.682. The maximum Gasteiger partial charge on any atom is 0.573 e. The second kappa shape index (κ2) is 10.6. The third-order valence-corrected chi connectivity index (χ3v) is 8.56. The highest BCUT2D eigenvalue weighted by Gasteiger charge is 2.41. The van der Waals surface area contributed by atoms with Crippen molar-refractivity contribution >= 4 is 15.9 Å². The van der Waals surface area contributed by atoms with Crippen LogP contribution >= 0.6 is 0 Å². The monoisotopic (exact) mass is 491 g/mol. The highest BCUT2D eigenvalue weighted by atomic mass is 32.2. The van der Waals surface area contributed by atoms with Crippen LogP contribution in [-0.4, -0.2) is 73.9 Å². The van der Waals surface area contributed by atoms with E-state index in [4.69, 9.17) is 0 Å². The van der Waals surface area contributed by atoms with Gasteiger partial charge in [-0.3, -0.25) is 9.69 Å². The van der Waals surface area contributed by atoms with Crippen LogP contribution < -0.4 is 10.1 Å². The van der Waals surface area contributed by atoms with Crippen LogP contribution in [0.5, 0.6) is 5.75 Å². The molecular formula is C22H32F3N3O4S. The van der Waals surface area contributed by atoms with Crippen LogP contribution in [0.2, 0.25) is 0 Å². The first-order valence-electron chi connectivity index (χ1n) is 11.4. The summed E-state index contributed by atoms with van der Waals surface area (Å²) in [7, 11) is -3.26. The summed E-state index contributed by atoms with van der Waals surface area (Å²) in [5.41, 5.74) is -0.509. The number of carbonyl (C=O) groups excluding carboxylic acids is 1. The molecule has 3 rings (SSSR count). The maximum atomic E-state index is 12.8. The third kappa shape index (κ3) is 6.60. The first-order chi connectivity index (χ1) is 15.6. The fourth-order valence-electron chi connectivity index (χ4n) is 4.85. The van der Waals surface area contributed by atoms with Gasteiger partial charge in [-0.15, -0.1) is 13.2 Å². The zero-order valence-corrected chi connectivity index (χ0v) is 19.7. The molecule has 0 atom stereocenters. The molecule has 1 aliphatic heterocycles. The molecule has 1 N–H and O–H groups in total. The lowest BCUT2D eigenvalue weighted by Gasteiger charge is -2.49. The van der Waals surface area contributed by atoms with Crippen molar-refractivity contribution in [1.82, 2.24) is 14.5 Å². The second-order valence-electron chi connectivity index (χ2n) is 8.71. The zero-order chi connectivity index (χ0) is 24.1. The lowest BCUT2D eigenvalue weighted by molar-refractivity contribution is -0.274. The Labute approximate surface area is 193 Å². The molecule has 0 radical (unpaired) electrons. The van der Waals surface area contributed by atoms with Crippen molar-refractivity contribution in [2.75, 3.05) is 38.5 Å². The van der Waals surface area contributed by atoms with Crippen molar-refractivity contribution in [3.63, 3.8) is 0 Å². The molecule has 7 nitrogen and oxygen atoms in total. The van der Waals surface area contributed by atoms with Gasteiger partial charge in [0, 0.05) is 38.3 Å². The maximum absolute atomic E-state index is 12.8. The number of benzene rings is 1. The SMILES string of the molecule is CCCS(=O)(=O)N1CCN(C2(CNC(=O)c3ccccc3OC(F)(F)F)CCCCC2)CC1. The summed E-state index contributed by atoms with van der Waals surface area (Å²) in [6.45, 7) is 4.05. The molecule has 186 valence electrons. The van der Waals surface area contributed by atoms with Gasteiger partial charge in [-0.2, -0.15) is 4.31 Å². The van der Waals surface area contributed by atoms with Gasteiger partial charge >= 0.3 is 6.36 Å². The molecule has 1 amide bonds. The third-order valence-electron chi connectivity index (χ3n) is 6.48. The van der Waals surface area contributed by atoms with Crippen molar-refractivity contribution in [2.45, 2.75) is 57.3 Å². The molecule has 0 bridgehead atoms. The molecule has 1 aromatic carbocycles. The number of ether oxygens (including phenoxy) is 1. The Balaban J connectivity index is 1.69. The van der Waals surface area contributed by atoms with Crippen molar-refractivity contribution < 1.29 is 31.1 Å². The minimum Gasteiger partial charge on any atom is -0.405 e. The molecule has 0 spiro atoms. The van der Waals surface area contributed by atoms with E-state index in [1.807, 2.05) is 6.92 Å². The summed E-state index contributed by atoms with van der Waals surface area (Å²) in [6.07, 6.45) is 0.418. The van der Waals surface area contributed by atoms with Crippen LogP contribution in [0.25, 0.3) is 0 Å². The average Bonchev–Trinajstić information content (AvgIpc) is 2.77. The Bertz CT molecular complexity index is 910. The van der Waals surface area contributed by atoms with E-state index in [-0.39, 0.29) is 23.4 Å². The molecule has 0 unspecified atom stereocenters. The number of piperazine rings is 1. The molecule has 1 aromatic rings. The summed E-state index contributed by atoms with van der Waals surface area (Å²) in [5, 5.41) is 2.83. The number of carbonyl (C=O) groups is 1. The number of rotatable bonds is 8. The second-order valence-corrected chi connectivity index (χ2v) is 10.8. The highest BCUT2D eigenvalue weighted by Crippen LogP contribution is 2.35. The number of nitrogens with one attached hydrogen (secondary N) is 1. The van der Waals surface area contributed by atoms with Crippen molar-refractivity contribution in [2.24, 2.45) is 0 Å². The zero-order valence-electron chi connectivity index (χ0n) is 18.9. The highest BCUT2D eigenvalue weighted by molar-refractivity contribution is 7.89. The van der Waals surface area contributed by atoms with Gasteiger partial charge < -0.3 is 10.1 Å². The van der Waals surface area contributed by atoms with Crippen molar-refractivity contribution in [3.05, 3.63) is 29.8 Å². The van der Waals surface area contributed by atoms with E-state index in [2.05, 4.69) is 15.0 Å². The summed E-state index contributed by atoms with van der Waals surface area (Å²) in [6, 6.07) is 5.30. The van der Waals surface area contributed by atoms with Crippen molar-refractivity contribution in [1.29, 1.82) is 0 Å². The van der Waals surface area contributed by atoms with Crippen LogP contribution in [0, 0.1) is 0 Å². The summed E-state index contributed by atoms with van der Waals surface area (Å²) < 4.78 is 68.5. The van der Waals surface area contributed by atoms with E-state index in [1.54, 1.807) is 0 Å². The summed E-state index contributed by atoms with van der Waals surface area (Å²) in [5.74, 6) is -1.02. The van der Waals surface area contributed by atoms with Gasteiger partial charge in [0.05, 0.1) is 11.3 Å². The fourth-order valence-corrected chi connectivity index (χ4v) is 6.34. The molecule has 33 heavy (non-hydrogen) atoms. The van der Waals surface area contributed by atoms with Crippen LogP contribution in [-0.2, 0) is 10.0 Å². The molecule has 0 aromatic heterocycles. The van der Waals surface area contributed by atoms with Gasteiger partial charge in [0.15, 0.2) is 0 Å². The number of hydrogen-bond donors (Lipinski definition) is 1. The van der Waals surface area contributed by atoms with Gasteiger partial charge in [-0.1, -0.05) is 38.3 Å². The quantitative estimate of drug-likeness (QED) is 0.603. The number of alkyl halides is 3. The topological polar surface area (TPSA) is 79.0 Å². The standard InChI is InChI=1S/C22H32F3N3O4S/c1-2-16-33(30,31)28-14-12-27(13-15-28)21(10-6-3-7-11-21)17-26-20(29)18-8-4-5-9-19(18)32-22(23,24)25/h4-5,8-9H,2-3,6-7,10-17H2,1H3,(H,26,29). The number of sulfonamides is 1. The lowest BCUT2D eigenvalue weighted by Crippen LogP contribution is -2.62. The Morgan fingerprint density at radius 2 is 1.73 bits per heavy atom. The van der Waals surface area contributed by atoms with E-state index in [1.165, 1.54) is 22.5 Å². The Kier molecular flexibility index (Phi) is 8.28. The van der Waals surface area contributed by atoms with Gasteiger partial charge in [0.2, 0.25) is 10.0 Å². The van der Waals surface area contributed by atoms with Crippen molar-refractivity contribution in [3.8, 4) is 5.75 Å². The minimum absolute atomic E-state index is 0.133. The number of nitrogens with zero attached hydrogens (tertiary/aromatic N) is 2. The first-order valence-corrected chi connectivity index (χ1v) is 13.0. The Morgan fingerprint density at radius 3 is 2.33 bits per heavy atom. The van der Waals surface area contributed by atoms with E-state index in [0.717, 1.165) is 38.2 Å². The van der Waals surface area contributed by atoms with Gasteiger partial charge in [-0.25, -0.2) is 8.42 Å². The molecule has 1 heterocycles. The van der Waals surface area contributed by atoms with E-state index < -0.39 is 28.0 Å². The number of halogens is 3.